The van der Waals surface area contributed by atoms with Crippen LogP contribution in [0.5, 0.6) is 17.5 Å². The van der Waals surface area contributed by atoms with E-state index >= 15 is 0 Å². The van der Waals surface area contributed by atoms with Crippen molar-refractivity contribution in [1.82, 2.24) is 9.97 Å². The maximum Gasteiger partial charge on any atom is 0.349 e. The molecule has 0 saturated heterocycles. The van der Waals surface area contributed by atoms with Gasteiger partial charge in [-0.1, -0.05) is 18.2 Å². The Labute approximate surface area is 126 Å². The number of ether oxygens (including phenoxy) is 3. The third-order valence-corrected chi connectivity index (χ3v) is 2.70. The maximum absolute atomic E-state index is 11.9. The molecule has 1 aromatic carbocycles. The molecule has 0 aliphatic rings. The fourth-order valence-corrected chi connectivity index (χ4v) is 1.68. The highest BCUT2D eigenvalue weighted by Gasteiger charge is 2.25. The number of hydrogen-bond donors (Lipinski definition) is 0. The molecule has 2 rings (SSSR count). The quantitative estimate of drug-likeness (QED) is 0.618. The molecule has 0 fully saturated rings. The van der Waals surface area contributed by atoms with Crippen LogP contribution in [-0.2, 0) is 4.74 Å². The third-order valence-electron chi connectivity index (χ3n) is 2.70. The molecule has 0 saturated carbocycles. The number of hydrogen-bond acceptors (Lipinski definition) is 7. The molecule has 0 atom stereocenters. The Hall–Kier alpha value is -2.96. The summed E-state index contributed by atoms with van der Waals surface area (Å²) in [7, 11) is 2.54. The van der Waals surface area contributed by atoms with Gasteiger partial charge in [0.15, 0.2) is 11.3 Å². The number of benzene rings is 1. The predicted molar refractivity (Wildman–Crippen MR) is 76.4 cm³/mol. The molecule has 114 valence electrons. The molecule has 22 heavy (non-hydrogen) atoms. The van der Waals surface area contributed by atoms with E-state index in [1.54, 1.807) is 24.3 Å². The van der Waals surface area contributed by atoms with Crippen LogP contribution in [0.4, 0.5) is 0 Å². The van der Waals surface area contributed by atoms with Crippen molar-refractivity contribution in [3.8, 4) is 17.5 Å². The van der Waals surface area contributed by atoms with Gasteiger partial charge in [-0.15, -0.1) is 0 Å². The number of Topliss-reactive ketones (excluding diaryl/α,β-unsaturated/α-hetero) is 1. The minimum atomic E-state index is -0.724. The molecule has 0 radical (unpaired) electrons. The summed E-state index contributed by atoms with van der Waals surface area (Å²) < 4.78 is 15.3. The van der Waals surface area contributed by atoms with E-state index in [0.717, 1.165) is 0 Å². The molecule has 7 nitrogen and oxygen atoms in total. The van der Waals surface area contributed by atoms with Crippen LogP contribution in [0.1, 0.15) is 27.9 Å². The van der Waals surface area contributed by atoms with E-state index in [1.807, 2.05) is 6.07 Å². The molecule has 1 aromatic heterocycles. The number of para-hydroxylation sites is 1. The van der Waals surface area contributed by atoms with E-state index in [9.17, 15) is 9.59 Å². The van der Waals surface area contributed by atoms with E-state index in [2.05, 4.69) is 9.97 Å². The fraction of sp³-hybridized carbons (Fsp3) is 0.200. The normalized spacial score (nSPS) is 9.95. The van der Waals surface area contributed by atoms with Crippen LogP contribution >= 0.6 is 0 Å². The van der Waals surface area contributed by atoms with Crippen LogP contribution in [-0.4, -0.2) is 35.9 Å². The molecule has 7 heteroatoms. The smallest absolute Gasteiger partial charge is 0.349 e. The summed E-state index contributed by atoms with van der Waals surface area (Å²) in [4.78, 5) is 31.3. The lowest BCUT2D eigenvalue weighted by molar-refractivity contribution is 0.0591. The average Bonchev–Trinajstić information content (AvgIpc) is 2.54. The number of nitrogens with zero attached hydrogens (tertiary/aromatic N) is 2. The van der Waals surface area contributed by atoms with Crippen LogP contribution in [0.3, 0.4) is 0 Å². The van der Waals surface area contributed by atoms with Gasteiger partial charge in [0.1, 0.15) is 5.75 Å². The molecule has 0 bridgehead atoms. The Morgan fingerprint density at radius 3 is 2.18 bits per heavy atom. The predicted octanol–water partition coefficient (Wildman–Crippen LogP) is 2.27. The van der Waals surface area contributed by atoms with Gasteiger partial charge in [0, 0.05) is 6.92 Å². The van der Waals surface area contributed by atoms with Crippen molar-refractivity contribution >= 4 is 11.8 Å². The first kappa shape index (κ1) is 15.4. The van der Waals surface area contributed by atoms with Crippen molar-refractivity contribution in [2.75, 3.05) is 14.2 Å². The van der Waals surface area contributed by atoms with Crippen molar-refractivity contribution in [2.24, 2.45) is 0 Å². The van der Waals surface area contributed by atoms with Crippen LogP contribution in [0.15, 0.2) is 30.3 Å². The van der Waals surface area contributed by atoms with E-state index in [0.29, 0.717) is 5.75 Å². The third kappa shape index (κ3) is 3.20. The highest BCUT2D eigenvalue weighted by Crippen LogP contribution is 2.29. The maximum atomic E-state index is 11.9. The van der Waals surface area contributed by atoms with Gasteiger partial charge in [-0.05, 0) is 12.1 Å². The number of methoxy groups -OCH3 is 2. The standard InChI is InChI=1S/C15H14N2O5/c1-9(18)12-16-13(20-2)11(15(19)21-3)14(17-12)22-10-7-5-4-6-8-10/h4-8H,1-3H3. The molecule has 0 aliphatic carbocycles. The summed E-state index contributed by atoms with van der Waals surface area (Å²) in [6, 6.07) is 8.71. The summed E-state index contributed by atoms with van der Waals surface area (Å²) in [5.74, 6) is -0.961. The first-order chi connectivity index (χ1) is 10.6. The summed E-state index contributed by atoms with van der Waals surface area (Å²) in [5, 5.41) is 0. The lowest BCUT2D eigenvalue weighted by atomic mass is 10.3. The Kier molecular flexibility index (Phi) is 4.67. The Morgan fingerprint density at radius 1 is 1.00 bits per heavy atom. The summed E-state index contributed by atoms with van der Waals surface area (Å²) >= 11 is 0. The molecule has 0 aliphatic heterocycles. The van der Waals surface area contributed by atoms with Crippen molar-refractivity contribution < 1.29 is 23.8 Å². The Bertz CT molecular complexity index is 701. The molecular weight excluding hydrogens is 288 g/mol. The molecule has 1 heterocycles. The van der Waals surface area contributed by atoms with Gasteiger partial charge >= 0.3 is 5.97 Å². The van der Waals surface area contributed by atoms with Crippen molar-refractivity contribution in [1.29, 1.82) is 0 Å². The van der Waals surface area contributed by atoms with E-state index in [4.69, 9.17) is 14.2 Å². The summed E-state index contributed by atoms with van der Waals surface area (Å²) in [6.45, 7) is 1.30. The SMILES string of the molecule is COC(=O)c1c(OC)nc(C(C)=O)nc1Oc1ccccc1. The highest BCUT2D eigenvalue weighted by atomic mass is 16.5. The van der Waals surface area contributed by atoms with Gasteiger partial charge in [0.25, 0.3) is 0 Å². The number of ketones is 1. The number of carbonyl (C=O) groups is 2. The van der Waals surface area contributed by atoms with E-state index in [-0.39, 0.29) is 28.9 Å². The van der Waals surface area contributed by atoms with Crippen LogP contribution in [0.25, 0.3) is 0 Å². The van der Waals surface area contributed by atoms with Crippen LogP contribution < -0.4 is 9.47 Å². The summed E-state index contributed by atoms with van der Waals surface area (Å²) in [5.41, 5.74) is -0.0844. The highest BCUT2D eigenvalue weighted by molar-refractivity contribution is 5.96. The molecule has 0 amide bonds. The second kappa shape index (κ2) is 6.66. The zero-order valence-electron chi connectivity index (χ0n) is 12.3. The fourth-order valence-electron chi connectivity index (χ4n) is 1.68. The molecular formula is C15H14N2O5. The van der Waals surface area contributed by atoms with Gasteiger partial charge < -0.3 is 14.2 Å². The molecule has 0 spiro atoms. The van der Waals surface area contributed by atoms with Gasteiger partial charge in [0.05, 0.1) is 14.2 Å². The zero-order chi connectivity index (χ0) is 16.1. The second-order valence-electron chi connectivity index (χ2n) is 4.20. The monoisotopic (exact) mass is 302 g/mol. The minimum absolute atomic E-state index is 0.0844. The van der Waals surface area contributed by atoms with Gasteiger partial charge in [-0.3, -0.25) is 4.79 Å². The average molecular weight is 302 g/mol. The summed E-state index contributed by atoms with van der Waals surface area (Å²) in [6.07, 6.45) is 0. The topological polar surface area (TPSA) is 87.6 Å². The van der Waals surface area contributed by atoms with E-state index in [1.165, 1.54) is 21.1 Å². The lowest BCUT2D eigenvalue weighted by Gasteiger charge is -2.12. The number of esters is 1. The molecule has 0 N–H and O–H groups in total. The van der Waals surface area contributed by atoms with Gasteiger partial charge in [0.2, 0.25) is 17.6 Å². The van der Waals surface area contributed by atoms with Crippen molar-refractivity contribution in [3.63, 3.8) is 0 Å². The van der Waals surface area contributed by atoms with Crippen LogP contribution in [0.2, 0.25) is 0 Å². The largest absolute Gasteiger partial charge is 0.480 e. The molecule has 2 aromatic rings. The van der Waals surface area contributed by atoms with Crippen molar-refractivity contribution in [3.05, 3.63) is 41.7 Å². The number of aromatic nitrogens is 2. The first-order valence-electron chi connectivity index (χ1n) is 6.35. The van der Waals surface area contributed by atoms with Gasteiger partial charge in [-0.2, -0.15) is 9.97 Å². The van der Waals surface area contributed by atoms with Crippen molar-refractivity contribution in [2.45, 2.75) is 6.92 Å². The molecule has 0 unspecified atom stereocenters. The zero-order valence-corrected chi connectivity index (χ0v) is 12.3. The number of rotatable bonds is 5. The Morgan fingerprint density at radius 2 is 1.64 bits per heavy atom. The Balaban J connectivity index is 2.59. The van der Waals surface area contributed by atoms with E-state index < -0.39 is 5.97 Å². The lowest BCUT2D eigenvalue weighted by Crippen LogP contribution is -2.13. The van der Waals surface area contributed by atoms with Crippen LogP contribution in [0, 0.1) is 0 Å². The number of carbonyl (C=O) groups excluding carboxylic acids is 2. The second-order valence-corrected chi connectivity index (χ2v) is 4.20. The van der Waals surface area contributed by atoms with Gasteiger partial charge in [-0.25, -0.2) is 4.79 Å². The minimum Gasteiger partial charge on any atom is -0.480 e. The first-order valence-corrected chi connectivity index (χ1v) is 6.35.